The average molecular weight is 311 g/mol. The average Bonchev–Trinajstić information content (AvgIpc) is 2.90. The van der Waals surface area contributed by atoms with Crippen molar-refractivity contribution in [3.8, 4) is 5.75 Å². The summed E-state index contributed by atoms with van der Waals surface area (Å²) in [5, 5.41) is 12.5. The molecule has 2 aromatic carbocycles. The molecule has 0 saturated carbocycles. The Bertz CT molecular complexity index is 713. The van der Waals surface area contributed by atoms with Gasteiger partial charge in [0.1, 0.15) is 11.9 Å². The van der Waals surface area contributed by atoms with Gasteiger partial charge in [-0.25, -0.2) is 4.79 Å². The first kappa shape index (κ1) is 15.6. The molecule has 0 amide bonds. The van der Waals surface area contributed by atoms with Crippen LogP contribution in [0.4, 0.5) is 0 Å². The molecule has 0 spiro atoms. The van der Waals surface area contributed by atoms with E-state index in [1.54, 1.807) is 18.2 Å². The SMILES string of the molecule is CC(NCc1cccc(C(=O)O)c1)C1Oc2ccccc2C1C. The Morgan fingerprint density at radius 2 is 2.04 bits per heavy atom. The summed E-state index contributed by atoms with van der Waals surface area (Å²) in [7, 11) is 0. The standard InChI is InChI=1S/C19H21NO3/c1-12-16-8-3-4-9-17(16)23-18(12)13(2)20-11-14-6-5-7-15(10-14)19(21)22/h3-10,12-13,18,20H,11H2,1-2H3,(H,21,22). The summed E-state index contributed by atoms with van der Waals surface area (Å²) in [6.07, 6.45) is 0.0788. The number of ether oxygens (including phenoxy) is 1. The lowest BCUT2D eigenvalue weighted by molar-refractivity contribution is 0.0696. The van der Waals surface area contributed by atoms with Crippen molar-refractivity contribution < 1.29 is 14.6 Å². The Morgan fingerprint density at radius 1 is 1.26 bits per heavy atom. The number of carbonyl (C=O) groups is 1. The molecule has 3 atom stereocenters. The molecule has 0 fully saturated rings. The number of fused-ring (bicyclic) bond motifs is 1. The lowest BCUT2D eigenvalue weighted by Crippen LogP contribution is -2.41. The summed E-state index contributed by atoms with van der Waals surface area (Å²) < 4.78 is 6.07. The molecule has 2 aromatic rings. The summed E-state index contributed by atoms with van der Waals surface area (Å²) in [4.78, 5) is 11.0. The molecule has 1 heterocycles. The zero-order valence-corrected chi connectivity index (χ0v) is 13.3. The highest BCUT2D eigenvalue weighted by Gasteiger charge is 2.34. The van der Waals surface area contributed by atoms with Crippen molar-refractivity contribution in [2.45, 2.75) is 38.5 Å². The van der Waals surface area contributed by atoms with Crippen LogP contribution in [0.1, 0.15) is 41.3 Å². The molecule has 4 nitrogen and oxygen atoms in total. The van der Waals surface area contributed by atoms with Crippen molar-refractivity contribution in [1.29, 1.82) is 0 Å². The molecule has 1 aliphatic heterocycles. The third kappa shape index (κ3) is 3.22. The van der Waals surface area contributed by atoms with Crippen LogP contribution in [0.15, 0.2) is 48.5 Å². The van der Waals surface area contributed by atoms with E-state index in [1.165, 1.54) is 5.56 Å². The number of para-hydroxylation sites is 1. The smallest absolute Gasteiger partial charge is 0.335 e. The topological polar surface area (TPSA) is 58.6 Å². The second-order valence-corrected chi connectivity index (χ2v) is 6.08. The Labute approximate surface area is 136 Å². The Balaban J connectivity index is 1.63. The van der Waals surface area contributed by atoms with Gasteiger partial charge in [-0.1, -0.05) is 37.3 Å². The van der Waals surface area contributed by atoms with Gasteiger partial charge in [0.05, 0.1) is 5.56 Å². The van der Waals surface area contributed by atoms with Gasteiger partial charge < -0.3 is 15.2 Å². The van der Waals surface area contributed by atoms with E-state index in [0.29, 0.717) is 18.0 Å². The van der Waals surface area contributed by atoms with Gasteiger partial charge in [0.2, 0.25) is 0 Å². The first-order valence-corrected chi connectivity index (χ1v) is 7.87. The van der Waals surface area contributed by atoms with Gasteiger partial charge in [-0.2, -0.15) is 0 Å². The van der Waals surface area contributed by atoms with Crippen LogP contribution in [0, 0.1) is 0 Å². The predicted molar refractivity (Wildman–Crippen MR) is 89.0 cm³/mol. The molecule has 0 aliphatic carbocycles. The van der Waals surface area contributed by atoms with E-state index in [9.17, 15) is 4.79 Å². The van der Waals surface area contributed by atoms with E-state index < -0.39 is 5.97 Å². The van der Waals surface area contributed by atoms with Crippen LogP contribution < -0.4 is 10.1 Å². The van der Waals surface area contributed by atoms with Crippen molar-refractivity contribution in [3.05, 3.63) is 65.2 Å². The van der Waals surface area contributed by atoms with Crippen LogP contribution in [-0.4, -0.2) is 23.2 Å². The number of nitrogens with one attached hydrogen (secondary N) is 1. The first-order chi connectivity index (χ1) is 11.1. The molecule has 1 aliphatic rings. The maximum absolute atomic E-state index is 11.0. The number of benzene rings is 2. The Kier molecular flexibility index (Phi) is 4.35. The lowest BCUT2D eigenvalue weighted by atomic mass is 9.93. The molecule has 2 N–H and O–H groups in total. The van der Waals surface area contributed by atoms with Gasteiger partial charge in [-0.3, -0.25) is 0 Å². The molecular formula is C19H21NO3. The van der Waals surface area contributed by atoms with E-state index in [2.05, 4.69) is 25.2 Å². The Morgan fingerprint density at radius 3 is 2.78 bits per heavy atom. The third-order valence-corrected chi connectivity index (χ3v) is 4.46. The minimum absolute atomic E-state index is 0.0788. The third-order valence-electron chi connectivity index (χ3n) is 4.46. The fraction of sp³-hybridized carbons (Fsp3) is 0.316. The van der Waals surface area contributed by atoms with Crippen LogP contribution in [0.25, 0.3) is 0 Å². The highest BCUT2D eigenvalue weighted by Crippen LogP contribution is 2.38. The number of carboxylic acid groups (broad SMARTS) is 1. The van der Waals surface area contributed by atoms with Crippen LogP contribution in [-0.2, 0) is 6.54 Å². The van der Waals surface area contributed by atoms with Crippen molar-refractivity contribution >= 4 is 5.97 Å². The largest absolute Gasteiger partial charge is 0.488 e. The number of hydrogen-bond donors (Lipinski definition) is 2. The summed E-state index contributed by atoms with van der Waals surface area (Å²) in [5.74, 6) is 0.397. The number of rotatable bonds is 5. The van der Waals surface area contributed by atoms with E-state index in [4.69, 9.17) is 9.84 Å². The van der Waals surface area contributed by atoms with Crippen molar-refractivity contribution in [2.24, 2.45) is 0 Å². The summed E-state index contributed by atoms with van der Waals surface area (Å²) >= 11 is 0. The highest BCUT2D eigenvalue weighted by molar-refractivity contribution is 5.87. The van der Waals surface area contributed by atoms with E-state index in [0.717, 1.165) is 11.3 Å². The number of aromatic carboxylic acids is 1. The maximum atomic E-state index is 11.0. The van der Waals surface area contributed by atoms with Crippen molar-refractivity contribution in [1.82, 2.24) is 5.32 Å². The van der Waals surface area contributed by atoms with Crippen LogP contribution >= 0.6 is 0 Å². The lowest BCUT2D eigenvalue weighted by Gasteiger charge is -2.24. The number of carboxylic acids is 1. The first-order valence-electron chi connectivity index (χ1n) is 7.87. The molecule has 0 bridgehead atoms. The van der Waals surface area contributed by atoms with Gasteiger partial charge in [-0.05, 0) is 30.7 Å². The van der Waals surface area contributed by atoms with Gasteiger partial charge in [0, 0.05) is 24.1 Å². The van der Waals surface area contributed by atoms with Crippen molar-refractivity contribution in [3.63, 3.8) is 0 Å². The van der Waals surface area contributed by atoms with Crippen LogP contribution in [0.5, 0.6) is 5.75 Å². The molecule has 4 heteroatoms. The minimum Gasteiger partial charge on any atom is -0.488 e. The van der Waals surface area contributed by atoms with E-state index in [1.807, 2.05) is 24.3 Å². The van der Waals surface area contributed by atoms with Gasteiger partial charge in [0.25, 0.3) is 0 Å². The molecule has 3 unspecified atom stereocenters. The fourth-order valence-electron chi connectivity index (χ4n) is 3.13. The molecule has 0 saturated heterocycles. The normalized spacial score (nSPS) is 20.6. The van der Waals surface area contributed by atoms with Crippen LogP contribution in [0.3, 0.4) is 0 Å². The Hall–Kier alpha value is -2.33. The van der Waals surface area contributed by atoms with Gasteiger partial charge in [0.15, 0.2) is 0 Å². The minimum atomic E-state index is -0.900. The predicted octanol–water partition coefficient (Wildman–Crippen LogP) is 3.43. The molecule has 23 heavy (non-hydrogen) atoms. The maximum Gasteiger partial charge on any atom is 0.335 e. The zero-order chi connectivity index (χ0) is 16.4. The molecule has 3 rings (SSSR count). The second kappa shape index (κ2) is 6.42. The molecule has 120 valence electrons. The zero-order valence-electron chi connectivity index (χ0n) is 13.3. The van der Waals surface area contributed by atoms with Crippen molar-refractivity contribution in [2.75, 3.05) is 0 Å². The summed E-state index contributed by atoms with van der Waals surface area (Å²) in [5.41, 5.74) is 2.52. The number of hydrogen-bond acceptors (Lipinski definition) is 3. The second-order valence-electron chi connectivity index (χ2n) is 6.08. The van der Waals surface area contributed by atoms with E-state index in [-0.39, 0.29) is 12.1 Å². The quantitative estimate of drug-likeness (QED) is 0.888. The van der Waals surface area contributed by atoms with E-state index >= 15 is 0 Å². The molecular weight excluding hydrogens is 290 g/mol. The highest BCUT2D eigenvalue weighted by atomic mass is 16.5. The molecule has 0 radical (unpaired) electrons. The fourth-order valence-corrected chi connectivity index (χ4v) is 3.13. The summed E-state index contributed by atoms with van der Waals surface area (Å²) in [6, 6.07) is 15.3. The van der Waals surface area contributed by atoms with Gasteiger partial charge >= 0.3 is 5.97 Å². The van der Waals surface area contributed by atoms with Crippen LogP contribution in [0.2, 0.25) is 0 Å². The van der Waals surface area contributed by atoms with Gasteiger partial charge in [-0.15, -0.1) is 0 Å². The monoisotopic (exact) mass is 311 g/mol. The summed E-state index contributed by atoms with van der Waals surface area (Å²) in [6.45, 7) is 4.90. The molecule has 0 aromatic heterocycles.